The summed E-state index contributed by atoms with van der Waals surface area (Å²) in [7, 11) is 0. The molecule has 1 fully saturated rings. The lowest BCUT2D eigenvalue weighted by Crippen LogP contribution is -2.34. The van der Waals surface area contributed by atoms with Crippen molar-refractivity contribution < 1.29 is 9.47 Å². The average Bonchev–Trinajstić information content (AvgIpc) is 2.07. The number of morpholine rings is 1. The fourth-order valence-corrected chi connectivity index (χ4v) is 0.902. The Labute approximate surface area is 68.1 Å². The third-order valence-corrected chi connectivity index (χ3v) is 1.57. The van der Waals surface area contributed by atoms with Crippen molar-refractivity contribution in [3.05, 3.63) is 6.29 Å². The highest BCUT2D eigenvalue weighted by molar-refractivity contribution is 4.73. The zero-order valence-electron chi connectivity index (χ0n) is 7.06. The van der Waals surface area contributed by atoms with Gasteiger partial charge in [0.05, 0.1) is 19.8 Å². The van der Waals surface area contributed by atoms with Gasteiger partial charge in [-0.1, -0.05) is 13.3 Å². The molecule has 0 atom stereocenters. The van der Waals surface area contributed by atoms with Crippen LogP contribution in [0.1, 0.15) is 19.8 Å². The molecule has 1 saturated heterocycles. The van der Waals surface area contributed by atoms with E-state index in [4.69, 9.17) is 9.47 Å². The first kappa shape index (κ1) is 8.97. The van der Waals surface area contributed by atoms with Crippen LogP contribution in [0.15, 0.2) is 0 Å². The molecule has 1 aliphatic rings. The molecule has 3 heteroatoms. The maximum Gasteiger partial charge on any atom is 0.238 e. The van der Waals surface area contributed by atoms with Crippen molar-refractivity contribution in [2.75, 3.05) is 26.3 Å². The molecule has 0 spiro atoms. The minimum atomic E-state index is 0.738. The van der Waals surface area contributed by atoms with Crippen molar-refractivity contribution in [3.8, 4) is 0 Å². The molecule has 0 bridgehead atoms. The predicted molar refractivity (Wildman–Crippen MR) is 42.9 cm³/mol. The summed E-state index contributed by atoms with van der Waals surface area (Å²) in [5, 5.41) is 3.17. The fourth-order valence-electron chi connectivity index (χ4n) is 0.902. The van der Waals surface area contributed by atoms with Gasteiger partial charge in [-0.25, -0.2) is 0 Å². The molecule has 65 valence electrons. The Bertz CT molecular complexity index is 92.1. The summed E-state index contributed by atoms with van der Waals surface area (Å²) in [4.78, 5) is 0. The van der Waals surface area contributed by atoms with E-state index in [-0.39, 0.29) is 0 Å². The lowest BCUT2D eigenvalue weighted by Gasteiger charge is -2.21. The zero-order valence-corrected chi connectivity index (χ0v) is 7.06. The third kappa shape index (κ3) is 3.70. The number of ether oxygens (including phenoxy) is 2. The van der Waals surface area contributed by atoms with Gasteiger partial charge in [0, 0.05) is 6.54 Å². The monoisotopic (exact) mass is 158 g/mol. The van der Waals surface area contributed by atoms with Crippen molar-refractivity contribution >= 4 is 0 Å². The van der Waals surface area contributed by atoms with Crippen LogP contribution >= 0.6 is 0 Å². The van der Waals surface area contributed by atoms with Crippen LogP contribution < -0.4 is 5.32 Å². The van der Waals surface area contributed by atoms with Crippen molar-refractivity contribution in [1.29, 1.82) is 0 Å². The topological polar surface area (TPSA) is 30.5 Å². The largest absolute Gasteiger partial charge is 0.344 e. The molecular weight excluding hydrogens is 142 g/mol. The molecule has 0 aliphatic carbocycles. The van der Waals surface area contributed by atoms with Gasteiger partial charge in [0.2, 0.25) is 6.29 Å². The van der Waals surface area contributed by atoms with E-state index in [0.717, 1.165) is 39.0 Å². The molecule has 1 heterocycles. The van der Waals surface area contributed by atoms with Crippen LogP contribution in [0, 0.1) is 6.29 Å². The molecule has 0 aromatic rings. The third-order valence-electron chi connectivity index (χ3n) is 1.57. The van der Waals surface area contributed by atoms with Gasteiger partial charge in [-0.05, 0) is 6.42 Å². The van der Waals surface area contributed by atoms with Crippen LogP contribution in [0.5, 0.6) is 0 Å². The molecule has 1 aliphatic heterocycles. The Morgan fingerprint density at radius 3 is 3.18 bits per heavy atom. The van der Waals surface area contributed by atoms with Gasteiger partial charge in [-0.2, -0.15) is 0 Å². The van der Waals surface area contributed by atoms with Gasteiger partial charge >= 0.3 is 0 Å². The summed E-state index contributed by atoms with van der Waals surface area (Å²) < 4.78 is 10.6. The standard InChI is InChI=1S/C8H16NO2/c1-2-3-5-10-8-7-9-4-6-11-8/h9H,2-7H2,1H3. The molecule has 1 N–H and O–H groups in total. The number of nitrogens with one attached hydrogen (secondary N) is 1. The van der Waals surface area contributed by atoms with Crippen molar-refractivity contribution in [1.82, 2.24) is 5.32 Å². The Balaban J connectivity index is 1.96. The van der Waals surface area contributed by atoms with Crippen LogP contribution in [0.2, 0.25) is 0 Å². The van der Waals surface area contributed by atoms with Crippen LogP contribution in [0.25, 0.3) is 0 Å². The van der Waals surface area contributed by atoms with E-state index in [1.165, 1.54) is 6.42 Å². The highest BCUT2D eigenvalue weighted by Crippen LogP contribution is 2.07. The smallest absolute Gasteiger partial charge is 0.238 e. The first-order valence-corrected chi connectivity index (χ1v) is 4.25. The first-order chi connectivity index (χ1) is 5.43. The Hall–Kier alpha value is -0.120. The normalized spacial score (nSPS) is 20.5. The summed E-state index contributed by atoms with van der Waals surface area (Å²) in [6, 6.07) is 0. The van der Waals surface area contributed by atoms with E-state index >= 15 is 0 Å². The first-order valence-electron chi connectivity index (χ1n) is 4.25. The summed E-state index contributed by atoms with van der Waals surface area (Å²) >= 11 is 0. The van der Waals surface area contributed by atoms with E-state index in [2.05, 4.69) is 12.2 Å². The van der Waals surface area contributed by atoms with Gasteiger partial charge in [0.1, 0.15) is 0 Å². The Kier molecular flexibility index (Phi) is 4.50. The maximum absolute atomic E-state index is 5.36. The minimum Gasteiger partial charge on any atom is -0.344 e. The molecule has 3 nitrogen and oxygen atoms in total. The number of hydrogen-bond donors (Lipinski definition) is 1. The van der Waals surface area contributed by atoms with Crippen molar-refractivity contribution in [2.45, 2.75) is 19.8 Å². The molecule has 1 radical (unpaired) electrons. The second-order valence-corrected chi connectivity index (χ2v) is 2.60. The maximum atomic E-state index is 5.36. The van der Waals surface area contributed by atoms with Gasteiger partial charge < -0.3 is 14.8 Å². The SMILES string of the molecule is CCCCO[C]1CNCCO1. The molecule has 11 heavy (non-hydrogen) atoms. The van der Waals surface area contributed by atoms with E-state index < -0.39 is 0 Å². The molecule has 0 aromatic heterocycles. The van der Waals surface area contributed by atoms with Crippen LogP contribution in [0.3, 0.4) is 0 Å². The molecule has 0 amide bonds. The van der Waals surface area contributed by atoms with E-state index in [0.29, 0.717) is 0 Å². The molecule has 0 saturated carbocycles. The Morgan fingerprint density at radius 1 is 1.64 bits per heavy atom. The molecule has 0 unspecified atom stereocenters. The van der Waals surface area contributed by atoms with Crippen LogP contribution in [-0.2, 0) is 9.47 Å². The highest BCUT2D eigenvalue weighted by Gasteiger charge is 2.14. The fraction of sp³-hybridized carbons (Fsp3) is 0.875. The lowest BCUT2D eigenvalue weighted by molar-refractivity contribution is -0.0609. The summed E-state index contributed by atoms with van der Waals surface area (Å²) in [6.07, 6.45) is 3.03. The van der Waals surface area contributed by atoms with Crippen molar-refractivity contribution in [2.24, 2.45) is 0 Å². The van der Waals surface area contributed by atoms with E-state index in [1.807, 2.05) is 0 Å². The van der Waals surface area contributed by atoms with Gasteiger partial charge in [-0.15, -0.1) is 0 Å². The molecule has 1 rings (SSSR count). The lowest BCUT2D eigenvalue weighted by atomic mass is 10.4. The molecular formula is C8H16NO2. The second kappa shape index (κ2) is 5.52. The summed E-state index contributed by atoms with van der Waals surface area (Å²) in [5.41, 5.74) is 0. The minimum absolute atomic E-state index is 0.738. The Morgan fingerprint density at radius 2 is 2.55 bits per heavy atom. The summed E-state index contributed by atoms with van der Waals surface area (Å²) in [5.74, 6) is 0. The number of unbranched alkanes of at least 4 members (excludes halogenated alkanes) is 1. The molecule has 0 aromatic carbocycles. The van der Waals surface area contributed by atoms with Crippen LogP contribution in [0.4, 0.5) is 0 Å². The number of hydrogen-bond acceptors (Lipinski definition) is 3. The quantitative estimate of drug-likeness (QED) is 0.617. The van der Waals surface area contributed by atoms with Gasteiger partial charge in [-0.3, -0.25) is 0 Å². The average molecular weight is 158 g/mol. The number of rotatable bonds is 4. The second-order valence-electron chi connectivity index (χ2n) is 2.60. The highest BCUT2D eigenvalue weighted by atomic mass is 16.7. The summed E-state index contributed by atoms with van der Waals surface area (Å²) in [6.45, 7) is 5.35. The van der Waals surface area contributed by atoms with Crippen LogP contribution in [-0.4, -0.2) is 26.3 Å². The van der Waals surface area contributed by atoms with Gasteiger partial charge in [0.25, 0.3) is 0 Å². The predicted octanol–water partition coefficient (Wildman–Crippen LogP) is 0.912. The van der Waals surface area contributed by atoms with E-state index in [9.17, 15) is 0 Å². The van der Waals surface area contributed by atoms with Gasteiger partial charge in [0.15, 0.2) is 0 Å². The van der Waals surface area contributed by atoms with Crippen molar-refractivity contribution in [3.63, 3.8) is 0 Å². The zero-order chi connectivity index (χ0) is 7.94. The van der Waals surface area contributed by atoms with E-state index in [1.54, 1.807) is 0 Å².